The Labute approximate surface area is 299 Å². The predicted molar refractivity (Wildman–Crippen MR) is 218 cm³/mol. The number of hydrogen-bond acceptors (Lipinski definition) is 1. The van der Waals surface area contributed by atoms with Crippen molar-refractivity contribution >= 4 is 38.6 Å². The second kappa shape index (κ2) is 13.3. The van der Waals surface area contributed by atoms with Crippen LogP contribution in [0.25, 0.3) is 66.1 Å². The van der Waals surface area contributed by atoms with Crippen molar-refractivity contribution in [2.45, 2.75) is 0 Å². The van der Waals surface area contributed by atoms with Crippen LogP contribution in [0.1, 0.15) is 0 Å². The van der Waals surface area contributed by atoms with Gasteiger partial charge in [-0.2, -0.15) is 0 Å². The zero-order valence-corrected chi connectivity index (χ0v) is 28.2. The highest BCUT2D eigenvalue weighted by Gasteiger charge is 2.15. The quantitative estimate of drug-likeness (QED) is 0.155. The summed E-state index contributed by atoms with van der Waals surface area (Å²) in [6.07, 6.45) is 0. The summed E-state index contributed by atoms with van der Waals surface area (Å²) in [5, 5.41) is 5.09. The molecule has 9 aromatic rings. The van der Waals surface area contributed by atoms with E-state index in [4.69, 9.17) is 0 Å². The molecule has 0 fully saturated rings. The van der Waals surface area contributed by atoms with Crippen molar-refractivity contribution in [3.05, 3.63) is 212 Å². The van der Waals surface area contributed by atoms with Gasteiger partial charge in [-0.05, 0) is 109 Å². The summed E-state index contributed by atoms with van der Waals surface area (Å²) in [5.74, 6) is 0. The van der Waals surface area contributed by atoms with E-state index in [0.29, 0.717) is 0 Å². The summed E-state index contributed by atoms with van der Waals surface area (Å²) in [6, 6.07) is 76.6. The average Bonchev–Trinajstić information content (AvgIpc) is 3.22. The smallest absolute Gasteiger partial charge is 0.0467 e. The Morgan fingerprint density at radius 2 is 0.667 bits per heavy atom. The van der Waals surface area contributed by atoms with Crippen LogP contribution in [-0.4, -0.2) is 0 Å². The molecule has 1 heteroatoms. The molecule has 0 bridgehead atoms. The van der Waals surface area contributed by atoms with Gasteiger partial charge in [0.25, 0.3) is 0 Å². The largest absolute Gasteiger partial charge is 0.310 e. The molecule has 0 saturated carbocycles. The minimum absolute atomic E-state index is 1.11. The Hall–Kier alpha value is -6.70. The summed E-state index contributed by atoms with van der Waals surface area (Å²) in [6.45, 7) is 0. The zero-order chi connectivity index (χ0) is 34.0. The third-order valence-corrected chi connectivity index (χ3v) is 9.87. The lowest BCUT2D eigenvalue weighted by Gasteiger charge is -2.26. The normalized spacial score (nSPS) is 11.1. The molecule has 0 heterocycles. The third kappa shape index (κ3) is 5.96. The number of hydrogen-bond donors (Lipinski definition) is 0. The van der Waals surface area contributed by atoms with Crippen LogP contribution in [0.5, 0.6) is 0 Å². The molecule has 9 aromatic carbocycles. The molecular weight excluding hydrogens is 615 g/mol. The van der Waals surface area contributed by atoms with Gasteiger partial charge >= 0.3 is 0 Å². The van der Waals surface area contributed by atoms with Crippen molar-refractivity contribution in [2.24, 2.45) is 0 Å². The van der Waals surface area contributed by atoms with E-state index in [2.05, 4.69) is 217 Å². The fourth-order valence-corrected chi connectivity index (χ4v) is 7.27. The van der Waals surface area contributed by atoms with Gasteiger partial charge in [0.05, 0.1) is 0 Å². The van der Waals surface area contributed by atoms with Gasteiger partial charge in [-0.25, -0.2) is 0 Å². The highest BCUT2D eigenvalue weighted by atomic mass is 15.1. The molecular formula is C50H35N. The first-order chi connectivity index (χ1) is 25.3. The Morgan fingerprint density at radius 1 is 0.235 bits per heavy atom. The standard InChI is InChI=1S/C50H35N/c1-3-12-36(13-4-1)38-22-24-39(25-23-38)40-26-30-44(31-27-40)51(46-18-11-17-42(34-46)37-14-5-2-6-15-37)45-32-28-41(29-33-45)50-35-43-16-7-8-19-47(43)48-20-9-10-21-49(48)50/h1-35H. The molecule has 0 amide bonds. The molecule has 1 nitrogen and oxygen atoms in total. The van der Waals surface area contributed by atoms with Crippen LogP contribution >= 0.6 is 0 Å². The van der Waals surface area contributed by atoms with Gasteiger partial charge in [-0.1, -0.05) is 170 Å². The first-order valence-electron chi connectivity index (χ1n) is 17.5. The fraction of sp³-hybridized carbons (Fsp3) is 0. The lowest BCUT2D eigenvalue weighted by Crippen LogP contribution is -2.10. The Kier molecular flexibility index (Phi) is 7.92. The van der Waals surface area contributed by atoms with Crippen LogP contribution < -0.4 is 4.90 Å². The molecule has 9 rings (SSSR count). The first kappa shape index (κ1) is 30.4. The average molecular weight is 650 g/mol. The predicted octanol–water partition coefficient (Wildman–Crippen LogP) is 14.1. The van der Waals surface area contributed by atoms with E-state index in [9.17, 15) is 0 Å². The van der Waals surface area contributed by atoms with E-state index >= 15 is 0 Å². The molecule has 0 N–H and O–H groups in total. The zero-order valence-electron chi connectivity index (χ0n) is 28.2. The number of nitrogens with zero attached hydrogens (tertiary/aromatic N) is 1. The molecule has 0 aliphatic heterocycles. The number of anilines is 3. The van der Waals surface area contributed by atoms with E-state index in [-0.39, 0.29) is 0 Å². The molecule has 0 radical (unpaired) electrons. The van der Waals surface area contributed by atoms with E-state index < -0.39 is 0 Å². The fourth-order valence-electron chi connectivity index (χ4n) is 7.27. The van der Waals surface area contributed by atoms with E-state index in [1.54, 1.807) is 0 Å². The lowest BCUT2D eigenvalue weighted by atomic mass is 9.93. The van der Waals surface area contributed by atoms with Gasteiger partial charge in [-0.3, -0.25) is 0 Å². The summed E-state index contributed by atoms with van der Waals surface area (Å²) in [4.78, 5) is 2.36. The van der Waals surface area contributed by atoms with Gasteiger partial charge < -0.3 is 4.90 Å². The van der Waals surface area contributed by atoms with Crippen LogP contribution in [-0.2, 0) is 0 Å². The van der Waals surface area contributed by atoms with Crippen molar-refractivity contribution in [3.8, 4) is 44.5 Å². The van der Waals surface area contributed by atoms with Gasteiger partial charge in [-0.15, -0.1) is 0 Å². The van der Waals surface area contributed by atoms with E-state index in [1.165, 1.54) is 66.1 Å². The molecule has 0 spiro atoms. The Balaban J connectivity index is 1.11. The van der Waals surface area contributed by atoms with Crippen LogP contribution in [0, 0.1) is 0 Å². The van der Waals surface area contributed by atoms with Crippen molar-refractivity contribution in [1.82, 2.24) is 0 Å². The Morgan fingerprint density at radius 3 is 1.27 bits per heavy atom. The maximum absolute atomic E-state index is 2.36. The molecule has 0 atom stereocenters. The molecule has 0 aliphatic rings. The van der Waals surface area contributed by atoms with E-state index in [1.807, 2.05) is 0 Å². The second-order valence-electron chi connectivity index (χ2n) is 13.0. The Bertz CT molecular complexity index is 2590. The maximum Gasteiger partial charge on any atom is 0.0467 e. The second-order valence-corrected chi connectivity index (χ2v) is 13.0. The molecule has 51 heavy (non-hydrogen) atoms. The number of fused-ring (bicyclic) bond motifs is 3. The van der Waals surface area contributed by atoms with Crippen molar-refractivity contribution in [2.75, 3.05) is 4.90 Å². The highest BCUT2D eigenvalue weighted by molar-refractivity contribution is 6.13. The molecule has 240 valence electrons. The number of benzene rings is 9. The molecule has 0 aromatic heterocycles. The first-order valence-corrected chi connectivity index (χ1v) is 17.5. The van der Waals surface area contributed by atoms with Crippen LogP contribution in [0.15, 0.2) is 212 Å². The van der Waals surface area contributed by atoms with Crippen LogP contribution in [0.3, 0.4) is 0 Å². The summed E-state index contributed by atoms with van der Waals surface area (Å²) in [7, 11) is 0. The summed E-state index contributed by atoms with van der Waals surface area (Å²) >= 11 is 0. The van der Waals surface area contributed by atoms with Gasteiger partial charge in [0.1, 0.15) is 0 Å². The van der Waals surface area contributed by atoms with Gasteiger partial charge in [0.15, 0.2) is 0 Å². The maximum atomic E-state index is 2.36. The summed E-state index contributed by atoms with van der Waals surface area (Å²) < 4.78 is 0. The minimum Gasteiger partial charge on any atom is -0.310 e. The minimum atomic E-state index is 1.11. The van der Waals surface area contributed by atoms with E-state index in [0.717, 1.165) is 17.1 Å². The SMILES string of the molecule is c1ccc(-c2ccc(-c3ccc(N(c4ccc(-c5cc6ccccc6c6ccccc56)cc4)c4cccc(-c5ccccc5)c4)cc3)cc2)cc1. The van der Waals surface area contributed by atoms with Crippen molar-refractivity contribution in [3.63, 3.8) is 0 Å². The van der Waals surface area contributed by atoms with Gasteiger partial charge in [0, 0.05) is 17.1 Å². The van der Waals surface area contributed by atoms with Crippen LogP contribution in [0.4, 0.5) is 17.1 Å². The number of rotatable bonds is 7. The van der Waals surface area contributed by atoms with Crippen molar-refractivity contribution in [1.29, 1.82) is 0 Å². The van der Waals surface area contributed by atoms with Gasteiger partial charge in [0.2, 0.25) is 0 Å². The van der Waals surface area contributed by atoms with Crippen molar-refractivity contribution < 1.29 is 0 Å². The topological polar surface area (TPSA) is 3.24 Å². The third-order valence-electron chi connectivity index (χ3n) is 9.87. The van der Waals surface area contributed by atoms with Crippen LogP contribution in [0.2, 0.25) is 0 Å². The lowest BCUT2D eigenvalue weighted by molar-refractivity contribution is 1.28. The monoisotopic (exact) mass is 649 g/mol. The molecule has 0 aliphatic carbocycles. The molecule has 0 saturated heterocycles. The summed E-state index contributed by atoms with van der Waals surface area (Å²) in [5.41, 5.74) is 13.0. The molecule has 0 unspecified atom stereocenters. The highest BCUT2D eigenvalue weighted by Crippen LogP contribution is 2.40.